The molecule has 2 heterocycles. The van der Waals surface area contributed by atoms with Crippen molar-refractivity contribution in [1.29, 1.82) is 0 Å². The smallest absolute Gasteiger partial charge is 0.164 e. The summed E-state index contributed by atoms with van der Waals surface area (Å²) in [6, 6.07) is 65.7. The van der Waals surface area contributed by atoms with Gasteiger partial charge in [0.25, 0.3) is 0 Å². The number of aromatic nitrogens is 3. The molecule has 0 fully saturated rings. The van der Waals surface area contributed by atoms with E-state index in [1.54, 1.807) is 0 Å². The lowest BCUT2D eigenvalue weighted by Gasteiger charge is -2.12. The highest BCUT2D eigenvalue weighted by atomic mass is 16.3. The number of para-hydroxylation sites is 1. The number of hydrogen-bond donors (Lipinski definition) is 0. The fourth-order valence-corrected chi connectivity index (χ4v) is 8.15. The SMILES string of the molecule is c1ccc(-c2cccc(-c3nc(-c4ccccc4)nc(-c4cccc5oc6c(-c7ccc8c9ccccc9c9ccccc9c8c7)cccc6c45)n3)c2)cc1. The predicted octanol–water partition coefficient (Wildman–Crippen LogP) is 13.6. The average molecular weight is 702 g/mol. The standard InChI is InChI=1S/C51H31N3O/c1-3-14-32(15-4-1)34-18-11-19-36(30-34)50-52-49(33-16-5-2-6-17-33)53-51(54-50)44-26-13-27-46-47(44)43-25-12-24-37(48(43)55-46)35-28-29-42-40-22-8-7-20-38(40)39-21-9-10-23-41(39)45(42)31-35/h1-31H. The van der Waals surface area contributed by atoms with Crippen molar-refractivity contribution in [2.45, 2.75) is 0 Å². The van der Waals surface area contributed by atoms with Gasteiger partial charge < -0.3 is 4.42 Å². The van der Waals surface area contributed by atoms with Gasteiger partial charge in [0.05, 0.1) is 0 Å². The van der Waals surface area contributed by atoms with Crippen LogP contribution < -0.4 is 0 Å². The Morgan fingerprint density at radius 1 is 0.291 bits per heavy atom. The molecule has 256 valence electrons. The van der Waals surface area contributed by atoms with Crippen LogP contribution in [0.5, 0.6) is 0 Å². The Morgan fingerprint density at radius 3 is 1.53 bits per heavy atom. The minimum Gasteiger partial charge on any atom is -0.455 e. The summed E-state index contributed by atoms with van der Waals surface area (Å²) in [6.45, 7) is 0. The van der Waals surface area contributed by atoms with Gasteiger partial charge in [-0.25, -0.2) is 15.0 Å². The lowest BCUT2D eigenvalue weighted by molar-refractivity contribution is 0.670. The summed E-state index contributed by atoms with van der Waals surface area (Å²) in [5.74, 6) is 1.83. The minimum atomic E-state index is 0.594. The number of nitrogens with zero attached hydrogens (tertiary/aromatic N) is 3. The van der Waals surface area contributed by atoms with E-state index >= 15 is 0 Å². The maximum absolute atomic E-state index is 6.79. The van der Waals surface area contributed by atoms with Crippen molar-refractivity contribution in [2.24, 2.45) is 0 Å². The molecule has 9 aromatic carbocycles. The maximum atomic E-state index is 6.79. The second-order valence-corrected chi connectivity index (χ2v) is 13.9. The number of benzene rings is 9. The van der Waals surface area contributed by atoms with Gasteiger partial charge in [0.1, 0.15) is 11.2 Å². The first-order chi connectivity index (χ1) is 27.3. The number of rotatable bonds is 5. The Balaban J connectivity index is 1.11. The summed E-state index contributed by atoms with van der Waals surface area (Å²) in [5.41, 5.74) is 8.74. The number of furan rings is 1. The summed E-state index contributed by atoms with van der Waals surface area (Å²) in [7, 11) is 0. The summed E-state index contributed by atoms with van der Waals surface area (Å²) in [4.78, 5) is 15.3. The Hall–Kier alpha value is -7.43. The zero-order valence-corrected chi connectivity index (χ0v) is 29.6. The molecule has 0 radical (unpaired) electrons. The van der Waals surface area contributed by atoms with Crippen LogP contribution in [0.2, 0.25) is 0 Å². The van der Waals surface area contributed by atoms with Crippen molar-refractivity contribution < 1.29 is 4.42 Å². The third-order valence-corrected chi connectivity index (χ3v) is 10.7. The van der Waals surface area contributed by atoms with Crippen LogP contribution in [0.1, 0.15) is 0 Å². The molecule has 0 amide bonds. The monoisotopic (exact) mass is 701 g/mol. The molecule has 11 rings (SSSR count). The summed E-state index contributed by atoms with van der Waals surface area (Å²) in [6.07, 6.45) is 0. The molecule has 11 aromatic rings. The zero-order valence-electron chi connectivity index (χ0n) is 29.6. The molecule has 2 aromatic heterocycles. The van der Waals surface area contributed by atoms with Crippen LogP contribution in [0, 0.1) is 0 Å². The summed E-state index contributed by atoms with van der Waals surface area (Å²) < 4.78 is 6.79. The molecular formula is C51H31N3O. The van der Waals surface area contributed by atoms with Crippen LogP contribution in [0.4, 0.5) is 0 Å². The van der Waals surface area contributed by atoms with Crippen LogP contribution in [-0.2, 0) is 0 Å². The second-order valence-electron chi connectivity index (χ2n) is 13.9. The third-order valence-electron chi connectivity index (χ3n) is 10.7. The molecule has 0 aliphatic heterocycles. The Morgan fingerprint density at radius 2 is 0.800 bits per heavy atom. The number of fused-ring (bicyclic) bond motifs is 9. The zero-order chi connectivity index (χ0) is 36.3. The second kappa shape index (κ2) is 12.6. The van der Waals surface area contributed by atoms with Gasteiger partial charge in [-0.15, -0.1) is 0 Å². The van der Waals surface area contributed by atoms with E-state index in [1.165, 1.54) is 32.3 Å². The Kier molecular flexibility index (Phi) is 7.14. The van der Waals surface area contributed by atoms with E-state index in [0.29, 0.717) is 17.5 Å². The van der Waals surface area contributed by atoms with Crippen LogP contribution in [0.25, 0.3) is 111 Å². The van der Waals surface area contributed by atoms with Crippen molar-refractivity contribution in [2.75, 3.05) is 0 Å². The van der Waals surface area contributed by atoms with Gasteiger partial charge in [0.2, 0.25) is 0 Å². The highest BCUT2D eigenvalue weighted by Gasteiger charge is 2.20. The average Bonchev–Trinajstić information content (AvgIpc) is 3.66. The molecule has 4 heteroatoms. The van der Waals surface area contributed by atoms with Crippen molar-refractivity contribution >= 4 is 54.3 Å². The van der Waals surface area contributed by atoms with Gasteiger partial charge in [-0.3, -0.25) is 0 Å². The first-order valence-electron chi connectivity index (χ1n) is 18.5. The van der Waals surface area contributed by atoms with Gasteiger partial charge in [0, 0.05) is 33.0 Å². The van der Waals surface area contributed by atoms with E-state index in [9.17, 15) is 0 Å². The molecule has 0 saturated heterocycles. The lowest BCUT2D eigenvalue weighted by atomic mass is 9.91. The van der Waals surface area contributed by atoms with Crippen molar-refractivity contribution in [1.82, 2.24) is 15.0 Å². The highest BCUT2D eigenvalue weighted by Crippen LogP contribution is 2.42. The maximum Gasteiger partial charge on any atom is 0.164 e. The normalized spacial score (nSPS) is 11.6. The van der Waals surface area contributed by atoms with Gasteiger partial charge in [-0.2, -0.15) is 0 Å². The van der Waals surface area contributed by atoms with E-state index in [2.05, 4.69) is 140 Å². The van der Waals surface area contributed by atoms with Gasteiger partial charge >= 0.3 is 0 Å². The van der Waals surface area contributed by atoms with Crippen LogP contribution in [-0.4, -0.2) is 15.0 Å². The van der Waals surface area contributed by atoms with Crippen molar-refractivity contribution in [3.63, 3.8) is 0 Å². The van der Waals surface area contributed by atoms with Crippen LogP contribution in [0.15, 0.2) is 192 Å². The fraction of sp³-hybridized carbons (Fsp3) is 0. The first-order valence-corrected chi connectivity index (χ1v) is 18.5. The van der Waals surface area contributed by atoms with E-state index < -0.39 is 0 Å². The molecule has 0 atom stereocenters. The van der Waals surface area contributed by atoms with Gasteiger partial charge in [-0.1, -0.05) is 170 Å². The van der Waals surface area contributed by atoms with Crippen LogP contribution in [0.3, 0.4) is 0 Å². The minimum absolute atomic E-state index is 0.594. The van der Waals surface area contributed by atoms with Crippen molar-refractivity contribution in [3.05, 3.63) is 188 Å². The Bertz CT molecular complexity index is 3220. The molecular weight excluding hydrogens is 671 g/mol. The Labute approximate surface area is 317 Å². The van der Waals surface area contributed by atoms with Gasteiger partial charge in [0.15, 0.2) is 17.5 Å². The molecule has 0 unspecified atom stereocenters. The number of hydrogen-bond acceptors (Lipinski definition) is 4. The molecule has 4 nitrogen and oxygen atoms in total. The molecule has 55 heavy (non-hydrogen) atoms. The topological polar surface area (TPSA) is 51.8 Å². The third kappa shape index (κ3) is 5.19. The van der Waals surface area contributed by atoms with E-state index in [4.69, 9.17) is 19.4 Å². The molecule has 0 N–H and O–H groups in total. The largest absolute Gasteiger partial charge is 0.455 e. The van der Waals surface area contributed by atoms with Gasteiger partial charge in [-0.05, 0) is 67.2 Å². The van der Waals surface area contributed by atoms with E-state index in [-0.39, 0.29) is 0 Å². The summed E-state index contributed by atoms with van der Waals surface area (Å²) in [5, 5.41) is 9.49. The molecule has 0 spiro atoms. The van der Waals surface area contributed by atoms with E-state index in [0.717, 1.165) is 60.9 Å². The first kappa shape index (κ1) is 31.1. The quantitative estimate of drug-likeness (QED) is 0.168. The predicted molar refractivity (Wildman–Crippen MR) is 227 cm³/mol. The molecule has 0 saturated carbocycles. The highest BCUT2D eigenvalue weighted by molar-refractivity contribution is 6.26. The molecule has 0 aliphatic rings. The van der Waals surface area contributed by atoms with Crippen LogP contribution >= 0.6 is 0 Å². The van der Waals surface area contributed by atoms with Crippen molar-refractivity contribution in [3.8, 4) is 56.4 Å². The van der Waals surface area contributed by atoms with E-state index in [1.807, 2.05) is 48.5 Å². The molecule has 0 aliphatic carbocycles. The molecule has 0 bridgehead atoms. The fourth-order valence-electron chi connectivity index (χ4n) is 8.15. The summed E-state index contributed by atoms with van der Waals surface area (Å²) >= 11 is 0. The lowest BCUT2D eigenvalue weighted by Crippen LogP contribution is -2.00.